The first-order valence-corrected chi connectivity index (χ1v) is 8.57. The lowest BCUT2D eigenvalue weighted by atomic mass is 10.2. The Balaban J connectivity index is 1.85. The summed E-state index contributed by atoms with van der Waals surface area (Å²) in [5.41, 5.74) is 2.21. The van der Waals surface area contributed by atoms with Gasteiger partial charge in [0.2, 0.25) is 0 Å². The van der Waals surface area contributed by atoms with E-state index >= 15 is 0 Å². The molecule has 0 bridgehead atoms. The van der Waals surface area contributed by atoms with Gasteiger partial charge < -0.3 is 19.5 Å². The van der Waals surface area contributed by atoms with E-state index in [9.17, 15) is 4.79 Å². The maximum atomic E-state index is 12.3. The van der Waals surface area contributed by atoms with Crippen molar-refractivity contribution in [3.8, 4) is 11.5 Å². The lowest BCUT2D eigenvalue weighted by molar-refractivity contribution is 0.102. The largest absolute Gasteiger partial charge is 0.491 e. The summed E-state index contributed by atoms with van der Waals surface area (Å²) in [6.07, 6.45) is 0. The Bertz CT molecular complexity index is 708. The Morgan fingerprint density at radius 3 is 2.19 bits per heavy atom. The molecule has 0 aliphatic rings. The summed E-state index contributed by atoms with van der Waals surface area (Å²) >= 11 is 0. The van der Waals surface area contributed by atoms with Crippen LogP contribution in [0.4, 0.5) is 5.69 Å². The second-order valence-corrected chi connectivity index (χ2v) is 5.79. The molecule has 0 unspecified atom stereocenters. The van der Waals surface area contributed by atoms with Gasteiger partial charge in [-0.05, 0) is 68.0 Å². The van der Waals surface area contributed by atoms with Gasteiger partial charge in [0.1, 0.15) is 24.7 Å². The maximum absolute atomic E-state index is 12.3. The summed E-state index contributed by atoms with van der Waals surface area (Å²) in [5, 5.41) is 2.86. The van der Waals surface area contributed by atoms with Gasteiger partial charge in [0.15, 0.2) is 0 Å². The van der Waals surface area contributed by atoms with Crippen molar-refractivity contribution in [2.45, 2.75) is 13.8 Å². The molecule has 0 aliphatic heterocycles. The highest BCUT2D eigenvalue weighted by atomic mass is 16.5. The minimum Gasteiger partial charge on any atom is -0.491 e. The quantitative estimate of drug-likeness (QED) is 0.510. The fourth-order valence-electron chi connectivity index (χ4n) is 2.11. The molecular formula is C21H25NO4. The predicted octanol–water partition coefficient (Wildman–Crippen LogP) is 4.31. The molecule has 1 amide bonds. The van der Waals surface area contributed by atoms with Gasteiger partial charge in [-0.25, -0.2) is 0 Å². The highest BCUT2D eigenvalue weighted by molar-refractivity contribution is 6.04. The molecule has 0 atom stereocenters. The number of hydrogen-bond acceptors (Lipinski definition) is 4. The van der Waals surface area contributed by atoms with E-state index in [1.165, 1.54) is 0 Å². The standard InChI is InChI=1S/C21H25NO4/c1-4-24-13-14-25-19-11-7-18(8-12-19)22-21(23)17-5-9-20(10-6-17)26-15-16(2)3/h5-12H,2,4,13-15H2,1,3H3,(H,22,23). The Labute approximate surface area is 154 Å². The van der Waals surface area contributed by atoms with Crippen molar-refractivity contribution in [1.29, 1.82) is 0 Å². The number of nitrogens with one attached hydrogen (secondary N) is 1. The number of amides is 1. The van der Waals surface area contributed by atoms with E-state index in [2.05, 4.69) is 11.9 Å². The molecule has 2 rings (SSSR count). The summed E-state index contributed by atoms with van der Waals surface area (Å²) in [6.45, 7) is 9.83. The van der Waals surface area contributed by atoms with Crippen LogP contribution >= 0.6 is 0 Å². The SMILES string of the molecule is C=C(C)COc1ccc(C(=O)Nc2ccc(OCCOCC)cc2)cc1. The van der Waals surface area contributed by atoms with Crippen molar-refractivity contribution in [2.75, 3.05) is 31.7 Å². The van der Waals surface area contributed by atoms with Crippen LogP contribution in [0.15, 0.2) is 60.7 Å². The second kappa shape index (κ2) is 10.3. The van der Waals surface area contributed by atoms with Gasteiger partial charge in [0.25, 0.3) is 5.91 Å². The molecule has 138 valence electrons. The number of anilines is 1. The Kier molecular flexibility index (Phi) is 7.71. The van der Waals surface area contributed by atoms with E-state index in [0.29, 0.717) is 43.4 Å². The van der Waals surface area contributed by atoms with Crippen molar-refractivity contribution in [3.63, 3.8) is 0 Å². The van der Waals surface area contributed by atoms with Crippen molar-refractivity contribution in [2.24, 2.45) is 0 Å². The van der Waals surface area contributed by atoms with Crippen LogP contribution in [0.25, 0.3) is 0 Å². The van der Waals surface area contributed by atoms with Gasteiger partial charge in [-0.2, -0.15) is 0 Å². The number of benzene rings is 2. The number of rotatable bonds is 10. The zero-order chi connectivity index (χ0) is 18.8. The van der Waals surface area contributed by atoms with E-state index in [1.807, 2.05) is 26.0 Å². The number of hydrogen-bond donors (Lipinski definition) is 1. The van der Waals surface area contributed by atoms with E-state index in [1.54, 1.807) is 36.4 Å². The third kappa shape index (κ3) is 6.61. The molecule has 2 aromatic carbocycles. The molecule has 0 aliphatic carbocycles. The highest BCUT2D eigenvalue weighted by Gasteiger charge is 2.07. The van der Waals surface area contributed by atoms with Crippen LogP contribution in [0.5, 0.6) is 11.5 Å². The van der Waals surface area contributed by atoms with Crippen molar-refractivity contribution in [1.82, 2.24) is 0 Å². The third-order valence-corrected chi connectivity index (χ3v) is 3.41. The van der Waals surface area contributed by atoms with Gasteiger partial charge in [-0.3, -0.25) is 4.79 Å². The van der Waals surface area contributed by atoms with Gasteiger partial charge in [0, 0.05) is 17.9 Å². The summed E-state index contributed by atoms with van der Waals surface area (Å²) < 4.78 is 16.3. The normalized spacial score (nSPS) is 10.2. The molecule has 2 aromatic rings. The summed E-state index contributed by atoms with van der Waals surface area (Å²) in [4.78, 5) is 12.3. The fourth-order valence-corrected chi connectivity index (χ4v) is 2.11. The zero-order valence-corrected chi connectivity index (χ0v) is 15.3. The van der Waals surface area contributed by atoms with Gasteiger partial charge in [-0.1, -0.05) is 6.58 Å². The van der Waals surface area contributed by atoms with Crippen molar-refractivity contribution in [3.05, 3.63) is 66.2 Å². The van der Waals surface area contributed by atoms with Crippen LogP contribution < -0.4 is 14.8 Å². The van der Waals surface area contributed by atoms with Crippen LogP contribution in [0, 0.1) is 0 Å². The van der Waals surface area contributed by atoms with Gasteiger partial charge in [0.05, 0.1) is 6.61 Å². The number of ether oxygens (including phenoxy) is 3. The van der Waals surface area contributed by atoms with E-state index in [-0.39, 0.29) is 5.91 Å². The van der Waals surface area contributed by atoms with Crippen molar-refractivity contribution >= 4 is 11.6 Å². The molecule has 0 saturated carbocycles. The lowest BCUT2D eigenvalue weighted by Crippen LogP contribution is -2.12. The first-order valence-electron chi connectivity index (χ1n) is 8.57. The topological polar surface area (TPSA) is 56.8 Å². The molecule has 0 heterocycles. The van der Waals surface area contributed by atoms with E-state index in [4.69, 9.17) is 14.2 Å². The molecule has 0 fully saturated rings. The highest BCUT2D eigenvalue weighted by Crippen LogP contribution is 2.18. The fraction of sp³-hybridized carbons (Fsp3) is 0.286. The maximum Gasteiger partial charge on any atom is 0.255 e. The van der Waals surface area contributed by atoms with Crippen LogP contribution in [0.1, 0.15) is 24.2 Å². The van der Waals surface area contributed by atoms with Gasteiger partial charge >= 0.3 is 0 Å². The predicted molar refractivity (Wildman–Crippen MR) is 103 cm³/mol. The van der Waals surface area contributed by atoms with Crippen LogP contribution in [0.3, 0.4) is 0 Å². The minimum absolute atomic E-state index is 0.179. The second-order valence-electron chi connectivity index (χ2n) is 5.79. The molecule has 5 heteroatoms. The number of carbonyl (C=O) groups is 1. The third-order valence-electron chi connectivity index (χ3n) is 3.41. The number of carbonyl (C=O) groups excluding carboxylic acids is 1. The van der Waals surface area contributed by atoms with E-state index in [0.717, 1.165) is 11.3 Å². The molecule has 0 aromatic heterocycles. The minimum atomic E-state index is -0.179. The molecule has 0 spiro atoms. The lowest BCUT2D eigenvalue weighted by Gasteiger charge is -2.09. The first-order chi connectivity index (χ1) is 12.6. The molecular weight excluding hydrogens is 330 g/mol. The van der Waals surface area contributed by atoms with Crippen LogP contribution in [0.2, 0.25) is 0 Å². The summed E-state index contributed by atoms with van der Waals surface area (Å²) in [5.74, 6) is 1.27. The Hall–Kier alpha value is -2.79. The summed E-state index contributed by atoms with van der Waals surface area (Å²) in [6, 6.07) is 14.2. The monoisotopic (exact) mass is 355 g/mol. The first kappa shape index (κ1) is 19.5. The molecule has 0 saturated heterocycles. The van der Waals surface area contributed by atoms with Gasteiger partial charge in [-0.15, -0.1) is 0 Å². The van der Waals surface area contributed by atoms with Crippen molar-refractivity contribution < 1.29 is 19.0 Å². The van der Waals surface area contributed by atoms with Crippen LogP contribution in [-0.4, -0.2) is 32.3 Å². The zero-order valence-electron chi connectivity index (χ0n) is 15.3. The molecule has 26 heavy (non-hydrogen) atoms. The molecule has 5 nitrogen and oxygen atoms in total. The van der Waals surface area contributed by atoms with E-state index < -0.39 is 0 Å². The molecule has 0 radical (unpaired) electrons. The summed E-state index contributed by atoms with van der Waals surface area (Å²) in [7, 11) is 0. The smallest absolute Gasteiger partial charge is 0.255 e. The average Bonchev–Trinajstić information content (AvgIpc) is 2.65. The average molecular weight is 355 g/mol. The molecule has 1 N–H and O–H groups in total. The Morgan fingerprint density at radius 2 is 1.58 bits per heavy atom. The Morgan fingerprint density at radius 1 is 0.962 bits per heavy atom. The van der Waals surface area contributed by atoms with Crippen LogP contribution in [-0.2, 0) is 4.74 Å².